The Morgan fingerprint density at radius 3 is 2.62 bits per heavy atom. The Bertz CT molecular complexity index is 502. The van der Waals surface area contributed by atoms with E-state index in [9.17, 15) is 14.4 Å². The predicted octanol–water partition coefficient (Wildman–Crippen LogP) is -0.301. The van der Waals surface area contributed by atoms with Gasteiger partial charge in [-0.2, -0.15) is 0 Å². The molecule has 3 saturated heterocycles. The summed E-state index contributed by atoms with van der Waals surface area (Å²) in [6.45, 7) is 3.95. The summed E-state index contributed by atoms with van der Waals surface area (Å²) in [4.78, 5) is 42.2. The highest BCUT2D eigenvalue weighted by Gasteiger charge is 2.36. The molecule has 3 aliphatic rings. The Morgan fingerprint density at radius 1 is 1.12 bits per heavy atom. The SMILES string of the molecule is CN1CCC(C(=O)N2CCCC(N3CCNCC3=O)C2)CC1=O.Cl. The molecule has 0 saturated carbocycles. The van der Waals surface area contributed by atoms with Crippen LogP contribution in [-0.4, -0.2) is 84.8 Å². The first-order valence-corrected chi connectivity index (χ1v) is 8.59. The van der Waals surface area contributed by atoms with Gasteiger partial charge in [-0.15, -0.1) is 12.4 Å². The van der Waals surface area contributed by atoms with Crippen molar-refractivity contribution in [1.82, 2.24) is 20.0 Å². The highest BCUT2D eigenvalue weighted by atomic mass is 35.5. The third-order valence-corrected chi connectivity index (χ3v) is 5.28. The summed E-state index contributed by atoms with van der Waals surface area (Å²) in [5, 5.41) is 3.08. The standard InChI is InChI=1S/C16H26N4O3.ClH/c1-18-7-4-12(9-14(18)21)16(23)19-6-2-3-13(11-19)20-8-5-17-10-15(20)22;/h12-13,17H,2-11H2,1H3;1H. The molecule has 0 radical (unpaired) electrons. The topological polar surface area (TPSA) is 73.0 Å². The molecule has 136 valence electrons. The minimum Gasteiger partial charge on any atom is -0.346 e. The average molecular weight is 359 g/mol. The fourth-order valence-electron chi connectivity index (χ4n) is 3.83. The molecule has 3 heterocycles. The van der Waals surface area contributed by atoms with Crippen molar-refractivity contribution in [3.05, 3.63) is 0 Å². The normalized spacial score (nSPS) is 28.6. The summed E-state index contributed by atoms with van der Waals surface area (Å²) in [6, 6.07) is 0.129. The average Bonchev–Trinajstić information content (AvgIpc) is 2.57. The van der Waals surface area contributed by atoms with Crippen molar-refractivity contribution < 1.29 is 14.4 Å². The minimum atomic E-state index is -0.184. The molecule has 3 fully saturated rings. The molecule has 0 aromatic heterocycles. The first-order chi connectivity index (χ1) is 11.1. The van der Waals surface area contributed by atoms with E-state index in [1.165, 1.54) is 0 Å². The molecular weight excluding hydrogens is 332 g/mol. The molecule has 7 nitrogen and oxygen atoms in total. The summed E-state index contributed by atoms with van der Waals surface area (Å²) >= 11 is 0. The Labute approximate surface area is 149 Å². The van der Waals surface area contributed by atoms with E-state index >= 15 is 0 Å². The van der Waals surface area contributed by atoms with E-state index in [2.05, 4.69) is 5.32 Å². The number of piperazine rings is 1. The van der Waals surface area contributed by atoms with Gasteiger partial charge in [0.2, 0.25) is 17.7 Å². The number of amides is 3. The Kier molecular flexibility index (Phi) is 6.46. The lowest BCUT2D eigenvalue weighted by Gasteiger charge is -2.42. The van der Waals surface area contributed by atoms with Gasteiger partial charge in [0.1, 0.15) is 0 Å². The molecule has 2 unspecified atom stereocenters. The molecule has 0 spiro atoms. The lowest BCUT2D eigenvalue weighted by atomic mass is 9.93. The van der Waals surface area contributed by atoms with Crippen LogP contribution in [0.25, 0.3) is 0 Å². The number of piperidine rings is 2. The van der Waals surface area contributed by atoms with Gasteiger partial charge in [0.15, 0.2) is 0 Å². The zero-order chi connectivity index (χ0) is 16.4. The van der Waals surface area contributed by atoms with Gasteiger partial charge in [-0.3, -0.25) is 14.4 Å². The third-order valence-electron chi connectivity index (χ3n) is 5.28. The van der Waals surface area contributed by atoms with E-state index in [4.69, 9.17) is 0 Å². The smallest absolute Gasteiger partial charge is 0.236 e. The maximum Gasteiger partial charge on any atom is 0.236 e. The van der Waals surface area contributed by atoms with Crippen molar-refractivity contribution in [3.63, 3.8) is 0 Å². The molecule has 24 heavy (non-hydrogen) atoms. The van der Waals surface area contributed by atoms with Crippen molar-refractivity contribution >= 4 is 30.1 Å². The van der Waals surface area contributed by atoms with Crippen LogP contribution in [0.4, 0.5) is 0 Å². The van der Waals surface area contributed by atoms with E-state index in [1.807, 2.05) is 9.80 Å². The molecule has 1 N–H and O–H groups in total. The van der Waals surface area contributed by atoms with Crippen LogP contribution in [0.2, 0.25) is 0 Å². The van der Waals surface area contributed by atoms with Crippen LogP contribution in [0.5, 0.6) is 0 Å². The van der Waals surface area contributed by atoms with Crippen molar-refractivity contribution in [2.75, 3.05) is 46.3 Å². The van der Waals surface area contributed by atoms with E-state index in [0.29, 0.717) is 26.1 Å². The van der Waals surface area contributed by atoms with Crippen molar-refractivity contribution in [1.29, 1.82) is 0 Å². The number of hydrogen-bond acceptors (Lipinski definition) is 4. The van der Waals surface area contributed by atoms with Gasteiger partial charge in [-0.05, 0) is 19.3 Å². The monoisotopic (exact) mass is 358 g/mol. The highest BCUT2D eigenvalue weighted by Crippen LogP contribution is 2.23. The molecule has 3 aliphatic heterocycles. The number of carbonyl (C=O) groups excluding carboxylic acids is 3. The molecule has 0 aromatic carbocycles. The second kappa shape index (κ2) is 8.16. The Hall–Kier alpha value is -1.34. The zero-order valence-corrected chi connectivity index (χ0v) is 15.0. The third kappa shape index (κ3) is 4.00. The second-order valence-electron chi connectivity index (χ2n) is 6.85. The van der Waals surface area contributed by atoms with Crippen molar-refractivity contribution in [3.8, 4) is 0 Å². The predicted molar refractivity (Wildman–Crippen MR) is 91.8 cm³/mol. The van der Waals surface area contributed by atoms with Crippen LogP contribution in [0.3, 0.4) is 0 Å². The highest BCUT2D eigenvalue weighted by molar-refractivity contribution is 5.87. The summed E-state index contributed by atoms with van der Waals surface area (Å²) in [5.74, 6) is 0.0976. The van der Waals surface area contributed by atoms with Gasteiger partial charge < -0.3 is 20.0 Å². The summed E-state index contributed by atoms with van der Waals surface area (Å²) in [6.07, 6.45) is 2.95. The fourth-order valence-corrected chi connectivity index (χ4v) is 3.83. The summed E-state index contributed by atoms with van der Waals surface area (Å²) in [5.41, 5.74) is 0. The van der Waals surface area contributed by atoms with Gasteiger partial charge in [-0.25, -0.2) is 0 Å². The van der Waals surface area contributed by atoms with E-state index in [1.54, 1.807) is 11.9 Å². The molecule has 2 atom stereocenters. The maximum atomic E-state index is 12.8. The van der Waals surface area contributed by atoms with Gasteiger partial charge in [-0.1, -0.05) is 0 Å². The van der Waals surface area contributed by atoms with Crippen LogP contribution < -0.4 is 5.32 Å². The molecule has 3 amide bonds. The number of likely N-dealkylation sites (tertiary alicyclic amines) is 2. The zero-order valence-electron chi connectivity index (χ0n) is 14.2. The lowest BCUT2D eigenvalue weighted by Crippen LogP contribution is -2.58. The van der Waals surface area contributed by atoms with Gasteiger partial charge in [0.25, 0.3) is 0 Å². The Balaban J connectivity index is 0.00000208. The van der Waals surface area contributed by atoms with Gasteiger partial charge in [0, 0.05) is 58.2 Å². The van der Waals surface area contributed by atoms with Crippen molar-refractivity contribution in [2.45, 2.75) is 31.7 Å². The van der Waals surface area contributed by atoms with Crippen LogP contribution in [0, 0.1) is 5.92 Å². The lowest BCUT2D eigenvalue weighted by molar-refractivity contribution is -0.147. The quantitative estimate of drug-likeness (QED) is 0.735. The summed E-state index contributed by atoms with van der Waals surface area (Å²) in [7, 11) is 1.79. The van der Waals surface area contributed by atoms with Crippen LogP contribution in [0.15, 0.2) is 0 Å². The second-order valence-corrected chi connectivity index (χ2v) is 6.85. The minimum absolute atomic E-state index is 0. The van der Waals surface area contributed by atoms with E-state index < -0.39 is 0 Å². The molecule has 0 aromatic rings. The van der Waals surface area contributed by atoms with E-state index in [0.717, 1.165) is 38.9 Å². The van der Waals surface area contributed by atoms with Crippen molar-refractivity contribution in [2.24, 2.45) is 5.92 Å². The number of rotatable bonds is 2. The first-order valence-electron chi connectivity index (χ1n) is 8.59. The molecule has 0 bridgehead atoms. The van der Waals surface area contributed by atoms with E-state index in [-0.39, 0.29) is 42.1 Å². The number of halogens is 1. The number of nitrogens with zero attached hydrogens (tertiary/aromatic N) is 3. The summed E-state index contributed by atoms with van der Waals surface area (Å²) < 4.78 is 0. The maximum absolute atomic E-state index is 12.8. The van der Waals surface area contributed by atoms with Gasteiger partial charge >= 0.3 is 0 Å². The largest absolute Gasteiger partial charge is 0.346 e. The first kappa shape index (κ1) is 19.0. The number of hydrogen-bond donors (Lipinski definition) is 1. The van der Waals surface area contributed by atoms with Crippen LogP contribution in [0.1, 0.15) is 25.7 Å². The molecule has 8 heteroatoms. The molecular formula is C16H27ClN4O3. The fraction of sp³-hybridized carbons (Fsp3) is 0.812. The van der Waals surface area contributed by atoms with Gasteiger partial charge in [0.05, 0.1) is 6.54 Å². The Morgan fingerprint density at radius 2 is 1.92 bits per heavy atom. The van der Waals surface area contributed by atoms with Crippen LogP contribution in [-0.2, 0) is 14.4 Å². The number of carbonyl (C=O) groups is 3. The number of nitrogens with one attached hydrogen (secondary N) is 1. The molecule has 0 aliphatic carbocycles. The van der Waals surface area contributed by atoms with Crippen LogP contribution >= 0.6 is 12.4 Å². The molecule has 3 rings (SSSR count).